The molecule has 0 aliphatic heterocycles. The van der Waals surface area contributed by atoms with Gasteiger partial charge in [-0.1, -0.05) is 30.3 Å². The lowest BCUT2D eigenvalue weighted by Gasteiger charge is -2.05. The molecule has 4 nitrogen and oxygen atoms in total. The molecule has 0 saturated carbocycles. The van der Waals surface area contributed by atoms with E-state index in [-0.39, 0.29) is 0 Å². The third-order valence-electron chi connectivity index (χ3n) is 2.54. The van der Waals surface area contributed by atoms with Crippen molar-refractivity contribution in [2.24, 2.45) is 0 Å². The average Bonchev–Trinajstić information content (AvgIpc) is 2.42. The molecule has 0 saturated heterocycles. The summed E-state index contributed by atoms with van der Waals surface area (Å²) in [4.78, 5) is 0. The van der Waals surface area contributed by atoms with Crippen molar-refractivity contribution in [2.45, 2.75) is 13.0 Å². The number of nitrogens with one attached hydrogen (secondary N) is 1. The Balaban J connectivity index is 1.80. The first-order valence-corrected chi connectivity index (χ1v) is 6.02. The molecule has 0 fully saturated rings. The molecule has 4 heteroatoms. The molecule has 0 aliphatic rings. The van der Waals surface area contributed by atoms with Crippen LogP contribution in [0.25, 0.3) is 0 Å². The Bertz CT molecular complexity index is 456. The molecule has 1 heterocycles. The summed E-state index contributed by atoms with van der Waals surface area (Å²) in [6.45, 7) is 1.33. The van der Waals surface area contributed by atoms with E-state index in [1.54, 1.807) is 0 Å². The third kappa shape index (κ3) is 3.82. The van der Waals surface area contributed by atoms with Crippen molar-refractivity contribution in [3.8, 4) is 5.88 Å². The van der Waals surface area contributed by atoms with E-state index in [4.69, 9.17) is 4.74 Å². The Labute approximate surface area is 107 Å². The Hall–Kier alpha value is -1.94. The predicted octanol–water partition coefficient (Wildman–Crippen LogP) is 1.82. The lowest BCUT2D eigenvalue weighted by atomic mass is 10.2. The molecular formula is C14H17N3O. The van der Waals surface area contributed by atoms with Crippen LogP contribution >= 0.6 is 0 Å². The minimum Gasteiger partial charge on any atom is -0.476 e. The number of hydrogen-bond donors (Lipinski definition) is 1. The van der Waals surface area contributed by atoms with Gasteiger partial charge in [0.2, 0.25) is 5.88 Å². The predicted molar refractivity (Wildman–Crippen MR) is 70.4 cm³/mol. The van der Waals surface area contributed by atoms with Crippen LogP contribution in [-0.4, -0.2) is 23.9 Å². The van der Waals surface area contributed by atoms with Crippen molar-refractivity contribution in [2.75, 3.05) is 13.7 Å². The van der Waals surface area contributed by atoms with Crippen LogP contribution in [0.4, 0.5) is 0 Å². The van der Waals surface area contributed by atoms with Gasteiger partial charge in [0.15, 0.2) is 0 Å². The van der Waals surface area contributed by atoms with Gasteiger partial charge >= 0.3 is 0 Å². The average molecular weight is 243 g/mol. The minimum atomic E-state index is 0.575. The molecule has 0 spiro atoms. The van der Waals surface area contributed by atoms with Gasteiger partial charge in [-0.3, -0.25) is 0 Å². The van der Waals surface area contributed by atoms with Crippen molar-refractivity contribution in [1.29, 1.82) is 0 Å². The number of ether oxygens (including phenoxy) is 1. The van der Waals surface area contributed by atoms with Crippen LogP contribution in [0, 0.1) is 0 Å². The number of nitrogens with zero attached hydrogens (tertiary/aromatic N) is 2. The van der Waals surface area contributed by atoms with E-state index in [9.17, 15) is 0 Å². The minimum absolute atomic E-state index is 0.575. The molecule has 0 bridgehead atoms. The fourth-order valence-electron chi connectivity index (χ4n) is 1.62. The quantitative estimate of drug-likeness (QED) is 0.840. The first kappa shape index (κ1) is 12.5. The van der Waals surface area contributed by atoms with E-state index in [1.807, 2.05) is 37.4 Å². The van der Waals surface area contributed by atoms with Crippen LogP contribution in [-0.2, 0) is 13.0 Å². The van der Waals surface area contributed by atoms with Gasteiger partial charge in [0.25, 0.3) is 0 Å². The zero-order chi connectivity index (χ0) is 12.6. The highest BCUT2D eigenvalue weighted by Crippen LogP contribution is 2.06. The fourth-order valence-corrected chi connectivity index (χ4v) is 1.62. The van der Waals surface area contributed by atoms with Crippen LogP contribution in [0.5, 0.6) is 5.88 Å². The van der Waals surface area contributed by atoms with Crippen LogP contribution in [0.3, 0.4) is 0 Å². The maximum atomic E-state index is 5.55. The Kier molecular flexibility index (Phi) is 4.67. The molecule has 0 amide bonds. The van der Waals surface area contributed by atoms with Crippen molar-refractivity contribution in [1.82, 2.24) is 15.5 Å². The van der Waals surface area contributed by atoms with Gasteiger partial charge in [-0.05, 0) is 18.7 Å². The summed E-state index contributed by atoms with van der Waals surface area (Å²) in [7, 11) is 1.88. The Morgan fingerprint density at radius 2 is 1.89 bits per heavy atom. The summed E-state index contributed by atoms with van der Waals surface area (Å²) in [6, 6.07) is 14.0. The van der Waals surface area contributed by atoms with Crippen molar-refractivity contribution >= 4 is 0 Å². The zero-order valence-corrected chi connectivity index (χ0v) is 10.5. The first-order chi connectivity index (χ1) is 8.88. The van der Waals surface area contributed by atoms with Gasteiger partial charge in [0.05, 0.1) is 12.3 Å². The normalized spacial score (nSPS) is 10.3. The van der Waals surface area contributed by atoms with E-state index >= 15 is 0 Å². The Morgan fingerprint density at radius 1 is 1.06 bits per heavy atom. The highest BCUT2D eigenvalue weighted by Gasteiger charge is 1.98. The largest absolute Gasteiger partial charge is 0.476 e. The van der Waals surface area contributed by atoms with Crippen molar-refractivity contribution in [3.05, 3.63) is 53.7 Å². The molecule has 94 valence electrons. The van der Waals surface area contributed by atoms with Gasteiger partial charge in [-0.15, -0.1) is 5.10 Å². The summed E-state index contributed by atoms with van der Waals surface area (Å²) in [5, 5.41) is 11.1. The Morgan fingerprint density at radius 3 is 2.56 bits per heavy atom. The lowest BCUT2D eigenvalue weighted by molar-refractivity contribution is 0.305. The summed E-state index contributed by atoms with van der Waals surface area (Å²) >= 11 is 0. The monoisotopic (exact) mass is 243 g/mol. The summed E-state index contributed by atoms with van der Waals surface area (Å²) in [5.74, 6) is 0.575. The standard InChI is InChI=1S/C14H17N3O/c1-15-11-13-7-8-14(17-16-13)18-10-9-12-5-3-2-4-6-12/h2-8,15H,9-11H2,1H3. The SMILES string of the molecule is CNCc1ccc(OCCc2ccccc2)nn1. The molecule has 0 unspecified atom stereocenters. The molecule has 0 radical (unpaired) electrons. The number of hydrogen-bond acceptors (Lipinski definition) is 4. The smallest absolute Gasteiger partial charge is 0.233 e. The molecule has 1 aromatic heterocycles. The van der Waals surface area contributed by atoms with Gasteiger partial charge in [-0.25, -0.2) is 0 Å². The van der Waals surface area contributed by atoms with Crippen LogP contribution in [0.15, 0.2) is 42.5 Å². The highest BCUT2D eigenvalue weighted by molar-refractivity contribution is 5.15. The molecule has 1 aromatic carbocycles. The third-order valence-corrected chi connectivity index (χ3v) is 2.54. The van der Waals surface area contributed by atoms with Gasteiger partial charge in [-0.2, -0.15) is 5.10 Å². The van der Waals surface area contributed by atoms with Crippen molar-refractivity contribution in [3.63, 3.8) is 0 Å². The summed E-state index contributed by atoms with van der Waals surface area (Å²) in [5.41, 5.74) is 2.17. The second kappa shape index (κ2) is 6.71. The number of rotatable bonds is 6. The van der Waals surface area contributed by atoms with E-state index < -0.39 is 0 Å². The molecule has 1 N–H and O–H groups in total. The highest BCUT2D eigenvalue weighted by atomic mass is 16.5. The van der Waals surface area contributed by atoms with E-state index in [0.29, 0.717) is 12.5 Å². The molecule has 2 rings (SSSR count). The lowest BCUT2D eigenvalue weighted by Crippen LogP contribution is -2.08. The second-order valence-electron chi connectivity index (χ2n) is 3.98. The van der Waals surface area contributed by atoms with Crippen LogP contribution in [0.1, 0.15) is 11.3 Å². The van der Waals surface area contributed by atoms with Crippen molar-refractivity contribution < 1.29 is 4.74 Å². The van der Waals surface area contributed by atoms with Crippen LogP contribution < -0.4 is 10.1 Å². The molecule has 0 atom stereocenters. The van der Waals surface area contributed by atoms with E-state index in [2.05, 4.69) is 27.6 Å². The van der Waals surface area contributed by atoms with E-state index in [0.717, 1.165) is 18.7 Å². The first-order valence-electron chi connectivity index (χ1n) is 6.02. The summed E-state index contributed by atoms with van der Waals surface area (Å²) < 4.78 is 5.55. The van der Waals surface area contributed by atoms with Gasteiger partial charge in [0.1, 0.15) is 0 Å². The van der Waals surface area contributed by atoms with Gasteiger partial charge in [0, 0.05) is 19.0 Å². The molecular weight excluding hydrogens is 226 g/mol. The number of benzene rings is 1. The molecule has 18 heavy (non-hydrogen) atoms. The topological polar surface area (TPSA) is 47.0 Å². The fraction of sp³-hybridized carbons (Fsp3) is 0.286. The molecule has 2 aromatic rings. The maximum Gasteiger partial charge on any atom is 0.233 e. The zero-order valence-electron chi connectivity index (χ0n) is 10.5. The molecule has 0 aliphatic carbocycles. The van der Waals surface area contributed by atoms with E-state index in [1.165, 1.54) is 5.56 Å². The second-order valence-corrected chi connectivity index (χ2v) is 3.98. The summed E-state index contributed by atoms with van der Waals surface area (Å²) in [6.07, 6.45) is 0.876. The van der Waals surface area contributed by atoms with Crippen LogP contribution in [0.2, 0.25) is 0 Å². The maximum absolute atomic E-state index is 5.55. The van der Waals surface area contributed by atoms with Gasteiger partial charge < -0.3 is 10.1 Å². The number of aromatic nitrogens is 2.